The van der Waals surface area contributed by atoms with Gasteiger partial charge in [-0.3, -0.25) is 9.69 Å². The number of ether oxygens (including phenoxy) is 1. The van der Waals surface area contributed by atoms with Gasteiger partial charge in [0.05, 0.1) is 25.3 Å². The van der Waals surface area contributed by atoms with Crippen molar-refractivity contribution in [2.75, 3.05) is 39.4 Å². The molecule has 0 radical (unpaired) electrons. The lowest BCUT2D eigenvalue weighted by Crippen LogP contribution is -2.35. The van der Waals surface area contributed by atoms with Crippen molar-refractivity contribution in [2.45, 2.75) is 19.4 Å². The molecule has 5 heteroatoms. The summed E-state index contributed by atoms with van der Waals surface area (Å²) < 4.78 is 11.0. The molecule has 2 aliphatic heterocycles. The molecule has 0 saturated carbocycles. The predicted octanol–water partition coefficient (Wildman–Crippen LogP) is 2.15. The number of likely N-dealkylation sites (tertiary alicyclic amines) is 1. The summed E-state index contributed by atoms with van der Waals surface area (Å²) in [6.45, 7) is 5.93. The maximum Gasteiger partial charge on any atom is 0.257 e. The minimum absolute atomic E-state index is 0.122. The van der Waals surface area contributed by atoms with Crippen LogP contribution in [-0.4, -0.2) is 55.1 Å². The van der Waals surface area contributed by atoms with Crippen molar-refractivity contribution >= 4 is 5.91 Å². The molecule has 2 atom stereocenters. The summed E-state index contributed by atoms with van der Waals surface area (Å²) in [7, 11) is 0. The van der Waals surface area contributed by atoms with Crippen LogP contribution < -0.4 is 0 Å². The van der Waals surface area contributed by atoms with E-state index < -0.39 is 0 Å². The zero-order valence-corrected chi connectivity index (χ0v) is 13.4. The molecule has 1 aromatic heterocycles. The first-order chi connectivity index (χ1) is 11.3. The van der Waals surface area contributed by atoms with E-state index in [-0.39, 0.29) is 5.91 Å². The van der Waals surface area contributed by atoms with Crippen molar-refractivity contribution in [3.05, 3.63) is 35.8 Å². The van der Waals surface area contributed by atoms with Gasteiger partial charge in [-0.2, -0.15) is 0 Å². The van der Waals surface area contributed by atoms with Crippen molar-refractivity contribution < 1.29 is 13.9 Å². The fourth-order valence-corrected chi connectivity index (χ4v) is 3.92. The van der Waals surface area contributed by atoms with Gasteiger partial charge in [0.1, 0.15) is 12.0 Å². The van der Waals surface area contributed by atoms with Gasteiger partial charge < -0.3 is 14.1 Å². The first-order valence-electron chi connectivity index (χ1n) is 8.61. The van der Waals surface area contributed by atoms with Gasteiger partial charge in [-0.05, 0) is 30.7 Å². The topological polar surface area (TPSA) is 45.9 Å². The second kappa shape index (κ2) is 6.49. The maximum atomic E-state index is 12.7. The predicted molar refractivity (Wildman–Crippen MR) is 86.1 cm³/mol. The average Bonchev–Trinajstić information content (AvgIpc) is 3.21. The van der Waals surface area contributed by atoms with Gasteiger partial charge in [-0.1, -0.05) is 12.2 Å². The minimum atomic E-state index is 0.122. The number of carbonyl (C=O) groups is 1. The van der Waals surface area contributed by atoms with E-state index in [4.69, 9.17) is 9.15 Å². The van der Waals surface area contributed by atoms with E-state index in [1.807, 2.05) is 11.0 Å². The van der Waals surface area contributed by atoms with Crippen LogP contribution in [-0.2, 0) is 11.3 Å². The van der Waals surface area contributed by atoms with Gasteiger partial charge in [-0.25, -0.2) is 0 Å². The molecule has 3 aliphatic rings. The molecule has 0 spiro atoms. The van der Waals surface area contributed by atoms with Gasteiger partial charge in [0.15, 0.2) is 0 Å². The second-order valence-corrected chi connectivity index (χ2v) is 6.86. The normalized spacial score (nSPS) is 28.1. The smallest absolute Gasteiger partial charge is 0.257 e. The molecule has 1 aromatic rings. The number of hydrogen-bond acceptors (Lipinski definition) is 4. The molecule has 1 amide bonds. The molecular formula is C18H24N2O3. The van der Waals surface area contributed by atoms with E-state index in [1.54, 1.807) is 6.26 Å². The van der Waals surface area contributed by atoms with Crippen LogP contribution in [0.1, 0.15) is 29.0 Å². The molecular weight excluding hydrogens is 292 g/mol. The van der Waals surface area contributed by atoms with Crippen molar-refractivity contribution in [3.8, 4) is 0 Å². The first-order valence-corrected chi connectivity index (χ1v) is 8.61. The molecule has 0 bridgehead atoms. The van der Waals surface area contributed by atoms with Crippen LogP contribution in [0.2, 0.25) is 0 Å². The van der Waals surface area contributed by atoms with E-state index >= 15 is 0 Å². The van der Waals surface area contributed by atoms with Crippen molar-refractivity contribution in [3.63, 3.8) is 0 Å². The molecule has 4 rings (SSSR count). The van der Waals surface area contributed by atoms with Gasteiger partial charge >= 0.3 is 0 Å². The highest BCUT2D eigenvalue weighted by atomic mass is 16.5. The van der Waals surface area contributed by atoms with E-state index in [1.165, 1.54) is 0 Å². The Morgan fingerprint density at radius 3 is 2.52 bits per heavy atom. The fourth-order valence-electron chi connectivity index (χ4n) is 3.92. The van der Waals surface area contributed by atoms with E-state index in [0.29, 0.717) is 17.4 Å². The molecule has 2 fully saturated rings. The van der Waals surface area contributed by atoms with E-state index in [0.717, 1.165) is 64.5 Å². The molecule has 0 unspecified atom stereocenters. The molecule has 5 nitrogen and oxygen atoms in total. The zero-order valence-electron chi connectivity index (χ0n) is 13.4. The minimum Gasteiger partial charge on any atom is -0.467 e. The van der Waals surface area contributed by atoms with Gasteiger partial charge in [0, 0.05) is 26.2 Å². The lowest BCUT2D eigenvalue weighted by atomic mass is 9.86. The molecule has 0 N–H and O–H groups in total. The third-order valence-electron chi connectivity index (χ3n) is 5.29. The molecule has 2 saturated heterocycles. The molecule has 124 valence electrons. The number of rotatable bonds is 3. The number of amides is 1. The Morgan fingerprint density at radius 2 is 1.83 bits per heavy atom. The lowest BCUT2D eigenvalue weighted by Gasteiger charge is -2.25. The number of nitrogens with zero attached hydrogens (tertiary/aromatic N) is 2. The summed E-state index contributed by atoms with van der Waals surface area (Å²) in [5.74, 6) is 2.28. The number of allylic oxidation sites excluding steroid dienone is 2. The van der Waals surface area contributed by atoms with Crippen LogP contribution in [0.3, 0.4) is 0 Å². The van der Waals surface area contributed by atoms with Crippen molar-refractivity contribution in [2.24, 2.45) is 11.8 Å². The number of morpholine rings is 1. The quantitative estimate of drug-likeness (QED) is 0.802. The summed E-state index contributed by atoms with van der Waals surface area (Å²) in [4.78, 5) is 17.0. The summed E-state index contributed by atoms with van der Waals surface area (Å²) >= 11 is 0. The first kappa shape index (κ1) is 15.0. The van der Waals surface area contributed by atoms with Gasteiger partial charge in [0.25, 0.3) is 5.91 Å². The van der Waals surface area contributed by atoms with E-state index in [9.17, 15) is 4.79 Å². The Labute approximate surface area is 136 Å². The van der Waals surface area contributed by atoms with Crippen LogP contribution in [0.4, 0.5) is 0 Å². The summed E-state index contributed by atoms with van der Waals surface area (Å²) in [5.41, 5.74) is 0.694. The monoisotopic (exact) mass is 316 g/mol. The second-order valence-electron chi connectivity index (χ2n) is 6.86. The van der Waals surface area contributed by atoms with Crippen molar-refractivity contribution in [1.82, 2.24) is 9.80 Å². The Hall–Kier alpha value is -1.59. The number of fused-ring (bicyclic) bond motifs is 1. The number of carbonyl (C=O) groups excluding carboxylic acids is 1. The third-order valence-corrected chi connectivity index (χ3v) is 5.29. The van der Waals surface area contributed by atoms with Crippen LogP contribution in [0.15, 0.2) is 28.9 Å². The standard InChI is InChI=1S/C18H24N2O3/c21-18(20-10-14-3-1-2-4-15(14)11-20)16-9-17(23-13-16)12-19-5-7-22-8-6-19/h1-2,9,13-15H,3-8,10-12H2/t14-,15+. The largest absolute Gasteiger partial charge is 0.467 e. The summed E-state index contributed by atoms with van der Waals surface area (Å²) in [6, 6.07) is 1.91. The molecule has 0 aromatic carbocycles. The van der Waals surface area contributed by atoms with Crippen LogP contribution in [0, 0.1) is 11.8 Å². The Morgan fingerprint density at radius 1 is 1.13 bits per heavy atom. The third kappa shape index (κ3) is 3.21. The van der Waals surface area contributed by atoms with Crippen LogP contribution >= 0.6 is 0 Å². The highest BCUT2D eigenvalue weighted by Crippen LogP contribution is 2.33. The summed E-state index contributed by atoms with van der Waals surface area (Å²) in [6.07, 6.45) is 8.36. The van der Waals surface area contributed by atoms with Crippen LogP contribution in [0.25, 0.3) is 0 Å². The van der Waals surface area contributed by atoms with Gasteiger partial charge in [-0.15, -0.1) is 0 Å². The number of hydrogen-bond donors (Lipinski definition) is 0. The fraction of sp³-hybridized carbons (Fsp3) is 0.611. The molecule has 23 heavy (non-hydrogen) atoms. The van der Waals surface area contributed by atoms with Crippen molar-refractivity contribution in [1.29, 1.82) is 0 Å². The highest BCUT2D eigenvalue weighted by molar-refractivity contribution is 5.94. The van der Waals surface area contributed by atoms with Crippen LogP contribution in [0.5, 0.6) is 0 Å². The number of furan rings is 1. The molecule has 3 heterocycles. The average molecular weight is 316 g/mol. The van der Waals surface area contributed by atoms with E-state index in [2.05, 4.69) is 17.1 Å². The highest BCUT2D eigenvalue weighted by Gasteiger charge is 2.35. The maximum absolute atomic E-state index is 12.7. The van der Waals surface area contributed by atoms with Gasteiger partial charge in [0.2, 0.25) is 0 Å². The Bertz CT molecular complexity index is 573. The molecule has 1 aliphatic carbocycles. The zero-order chi connectivity index (χ0) is 15.6. The Balaban J connectivity index is 1.37. The lowest BCUT2D eigenvalue weighted by molar-refractivity contribution is 0.0313. The Kier molecular flexibility index (Phi) is 4.23. The summed E-state index contributed by atoms with van der Waals surface area (Å²) in [5, 5.41) is 0. The SMILES string of the molecule is O=C(c1coc(CN2CCOCC2)c1)N1C[C@H]2CC=CC[C@H]2C1.